The van der Waals surface area contributed by atoms with Gasteiger partial charge < -0.3 is 19.7 Å². The average molecular weight is 315 g/mol. The molecule has 122 valence electrons. The fraction of sp³-hybridized carbons (Fsp3) is 0.438. The minimum atomic E-state index is 0.455. The van der Waals surface area contributed by atoms with E-state index in [0.717, 1.165) is 30.3 Å². The summed E-state index contributed by atoms with van der Waals surface area (Å²) in [7, 11) is 3.24. The number of rotatable bonds is 5. The van der Waals surface area contributed by atoms with Gasteiger partial charge in [-0.1, -0.05) is 0 Å². The molecule has 0 unspecified atom stereocenters. The van der Waals surface area contributed by atoms with Crippen molar-refractivity contribution in [3.8, 4) is 11.5 Å². The number of benzene rings is 1. The lowest BCUT2D eigenvalue weighted by atomic mass is 10.1. The van der Waals surface area contributed by atoms with Crippen molar-refractivity contribution in [3.05, 3.63) is 24.4 Å². The summed E-state index contributed by atoms with van der Waals surface area (Å²) in [5.41, 5.74) is 0.769. The van der Waals surface area contributed by atoms with Gasteiger partial charge >= 0.3 is 0 Å². The maximum atomic E-state index is 5.38. The first-order valence-electron chi connectivity index (χ1n) is 7.74. The van der Waals surface area contributed by atoms with E-state index < -0.39 is 0 Å². The molecule has 1 aromatic heterocycles. The summed E-state index contributed by atoms with van der Waals surface area (Å²) >= 11 is 0. The van der Waals surface area contributed by atoms with Crippen LogP contribution in [0.4, 0.5) is 17.5 Å². The van der Waals surface area contributed by atoms with Crippen LogP contribution >= 0.6 is 0 Å². The standard InChI is InChI=1S/C16H21N5O2/c1-22-12-6-7-13(14(10-12)23-2)18-16-19-15(11-17-20-16)21-8-4-3-5-9-21/h6-7,10-11H,3-5,8-9H2,1-2H3,(H,18,19,20). The van der Waals surface area contributed by atoms with E-state index in [2.05, 4.69) is 25.4 Å². The zero-order valence-electron chi connectivity index (χ0n) is 13.5. The van der Waals surface area contributed by atoms with Crippen molar-refractivity contribution in [1.82, 2.24) is 15.2 Å². The minimum absolute atomic E-state index is 0.455. The number of anilines is 3. The van der Waals surface area contributed by atoms with Crippen LogP contribution in [0.25, 0.3) is 0 Å². The Labute approximate surface area is 135 Å². The molecule has 0 bridgehead atoms. The van der Waals surface area contributed by atoms with Gasteiger partial charge in [0, 0.05) is 19.2 Å². The van der Waals surface area contributed by atoms with Crippen molar-refractivity contribution in [1.29, 1.82) is 0 Å². The van der Waals surface area contributed by atoms with E-state index in [1.807, 2.05) is 18.2 Å². The van der Waals surface area contributed by atoms with E-state index in [0.29, 0.717) is 11.7 Å². The van der Waals surface area contributed by atoms with Crippen molar-refractivity contribution in [2.75, 3.05) is 37.5 Å². The number of methoxy groups -OCH3 is 2. The fourth-order valence-electron chi connectivity index (χ4n) is 2.65. The van der Waals surface area contributed by atoms with Crippen molar-refractivity contribution in [2.45, 2.75) is 19.3 Å². The third kappa shape index (κ3) is 3.61. The first-order valence-corrected chi connectivity index (χ1v) is 7.74. The Bertz CT molecular complexity index is 659. The van der Waals surface area contributed by atoms with E-state index in [9.17, 15) is 0 Å². The molecule has 2 aromatic rings. The molecule has 1 aliphatic heterocycles. The number of hydrogen-bond donors (Lipinski definition) is 1. The number of nitrogens with one attached hydrogen (secondary N) is 1. The van der Waals surface area contributed by atoms with Gasteiger partial charge in [-0.3, -0.25) is 0 Å². The molecule has 7 heteroatoms. The van der Waals surface area contributed by atoms with E-state index in [-0.39, 0.29) is 0 Å². The Balaban J connectivity index is 1.80. The van der Waals surface area contributed by atoms with Crippen molar-refractivity contribution < 1.29 is 9.47 Å². The molecule has 0 spiro atoms. The van der Waals surface area contributed by atoms with Gasteiger partial charge in [0.25, 0.3) is 0 Å². The normalized spacial score (nSPS) is 14.4. The van der Waals surface area contributed by atoms with Crippen LogP contribution in [0.3, 0.4) is 0 Å². The van der Waals surface area contributed by atoms with Crippen LogP contribution in [0, 0.1) is 0 Å². The number of ether oxygens (including phenoxy) is 2. The van der Waals surface area contributed by atoms with Crippen LogP contribution in [0.1, 0.15) is 19.3 Å². The number of hydrogen-bond acceptors (Lipinski definition) is 7. The van der Waals surface area contributed by atoms with Crippen molar-refractivity contribution in [3.63, 3.8) is 0 Å². The highest BCUT2D eigenvalue weighted by Gasteiger charge is 2.14. The Morgan fingerprint density at radius 3 is 2.65 bits per heavy atom. The van der Waals surface area contributed by atoms with Gasteiger partial charge in [0.1, 0.15) is 11.5 Å². The van der Waals surface area contributed by atoms with Gasteiger partial charge in [0.15, 0.2) is 5.82 Å². The number of aromatic nitrogens is 3. The Morgan fingerprint density at radius 1 is 1.09 bits per heavy atom. The van der Waals surface area contributed by atoms with Crippen molar-refractivity contribution >= 4 is 17.5 Å². The second-order valence-electron chi connectivity index (χ2n) is 5.38. The lowest BCUT2D eigenvalue weighted by Gasteiger charge is -2.27. The fourth-order valence-corrected chi connectivity index (χ4v) is 2.65. The highest BCUT2D eigenvalue weighted by molar-refractivity contribution is 5.64. The lowest BCUT2D eigenvalue weighted by molar-refractivity contribution is 0.395. The van der Waals surface area contributed by atoms with Crippen LogP contribution in [0.15, 0.2) is 24.4 Å². The summed E-state index contributed by atoms with van der Waals surface area (Å²) in [5, 5.41) is 11.3. The molecule has 0 amide bonds. The van der Waals surface area contributed by atoms with E-state index in [1.54, 1.807) is 20.4 Å². The van der Waals surface area contributed by atoms with Crippen molar-refractivity contribution in [2.24, 2.45) is 0 Å². The maximum absolute atomic E-state index is 5.38. The maximum Gasteiger partial charge on any atom is 0.249 e. The van der Waals surface area contributed by atoms with Gasteiger partial charge in [0.2, 0.25) is 5.95 Å². The predicted octanol–water partition coefficient (Wildman–Crippen LogP) is 2.62. The highest BCUT2D eigenvalue weighted by Crippen LogP contribution is 2.30. The lowest BCUT2D eigenvalue weighted by Crippen LogP contribution is -2.30. The molecule has 1 aromatic carbocycles. The molecule has 1 fully saturated rings. The second kappa shape index (κ2) is 7.13. The third-order valence-corrected chi connectivity index (χ3v) is 3.88. The zero-order chi connectivity index (χ0) is 16.1. The van der Waals surface area contributed by atoms with Crippen LogP contribution in [-0.4, -0.2) is 42.5 Å². The highest BCUT2D eigenvalue weighted by atomic mass is 16.5. The van der Waals surface area contributed by atoms with E-state index in [1.165, 1.54) is 19.3 Å². The van der Waals surface area contributed by atoms with Gasteiger partial charge in [-0.15, -0.1) is 5.10 Å². The van der Waals surface area contributed by atoms with Crippen LogP contribution < -0.4 is 19.7 Å². The molecule has 0 saturated carbocycles. The van der Waals surface area contributed by atoms with Crippen LogP contribution in [-0.2, 0) is 0 Å². The Kier molecular flexibility index (Phi) is 4.75. The Hall–Kier alpha value is -2.57. The van der Waals surface area contributed by atoms with Gasteiger partial charge in [-0.2, -0.15) is 10.1 Å². The molecular weight excluding hydrogens is 294 g/mol. The summed E-state index contributed by atoms with van der Waals surface area (Å²) in [6.45, 7) is 2.04. The summed E-state index contributed by atoms with van der Waals surface area (Å²) in [5.74, 6) is 2.70. The van der Waals surface area contributed by atoms with E-state index in [4.69, 9.17) is 9.47 Å². The molecule has 2 heterocycles. The van der Waals surface area contributed by atoms with Crippen LogP contribution in [0.2, 0.25) is 0 Å². The van der Waals surface area contributed by atoms with Crippen LogP contribution in [0.5, 0.6) is 11.5 Å². The predicted molar refractivity (Wildman–Crippen MR) is 88.7 cm³/mol. The molecule has 1 saturated heterocycles. The van der Waals surface area contributed by atoms with Gasteiger partial charge in [-0.25, -0.2) is 0 Å². The molecule has 1 N–H and O–H groups in total. The monoisotopic (exact) mass is 315 g/mol. The number of nitrogens with zero attached hydrogens (tertiary/aromatic N) is 4. The molecule has 7 nitrogen and oxygen atoms in total. The van der Waals surface area contributed by atoms with E-state index >= 15 is 0 Å². The molecular formula is C16H21N5O2. The Morgan fingerprint density at radius 2 is 1.91 bits per heavy atom. The molecule has 0 radical (unpaired) electrons. The van der Waals surface area contributed by atoms with Gasteiger partial charge in [0.05, 0.1) is 26.1 Å². The summed E-state index contributed by atoms with van der Waals surface area (Å²) < 4.78 is 10.6. The van der Waals surface area contributed by atoms with Gasteiger partial charge in [-0.05, 0) is 31.4 Å². The summed E-state index contributed by atoms with van der Waals surface area (Å²) in [6, 6.07) is 5.53. The zero-order valence-corrected chi connectivity index (χ0v) is 13.5. The second-order valence-corrected chi connectivity index (χ2v) is 5.38. The SMILES string of the molecule is COc1ccc(Nc2nncc(N3CCCCC3)n2)c(OC)c1. The number of piperidine rings is 1. The first kappa shape index (κ1) is 15.3. The quantitative estimate of drug-likeness (QED) is 0.909. The smallest absolute Gasteiger partial charge is 0.249 e. The third-order valence-electron chi connectivity index (χ3n) is 3.88. The summed E-state index contributed by atoms with van der Waals surface area (Å²) in [4.78, 5) is 6.81. The molecule has 0 atom stereocenters. The first-order chi connectivity index (χ1) is 11.3. The minimum Gasteiger partial charge on any atom is -0.497 e. The molecule has 0 aliphatic carbocycles. The molecule has 1 aliphatic rings. The summed E-state index contributed by atoms with van der Waals surface area (Å²) in [6.07, 6.45) is 5.38. The molecule has 23 heavy (non-hydrogen) atoms. The molecule has 3 rings (SSSR count). The average Bonchev–Trinajstić information content (AvgIpc) is 2.63. The topological polar surface area (TPSA) is 72.4 Å². The largest absolute Gasteiger partial charge is 0.497 e.